The monoisotopic (exact) mass is 345 g/mol. The number of ether oxygens (including phenoxy) is 1. The predicted molar refractivity (Wildman–Crippen MR) is 96.7 cm³/mol. The van der Waals surface area contributed by atoms with Gasteiger partial charge in [0.25, 0.3) is 0 Å². The zero-order valence-electron chi connectivity index (χ0n) is 15.6. The lowest BCUT2D eigenvalue weighted by Gasteiger charge is -2.25. The van der Waals surface area contributed by atoms with Crippen molar-refractivity contribution in [3.05, 3.63) is 46.8 Å². The van der Waals surface area contributed by atoms with E-state index in [1.54, 1.807) is 7.11 Å². The fourth-order valence-corrected chi connectivity index (χ4v) is 2.84. The molecule has 2 aromatic rings. The molecule has 1 atom stereocenters. The van der Waals surface area contributed by atoms with E-state index in [9.17, 15) is 4.79 Å². The fourth-order valence-electron chi connectivity index (χ4n) is 2.84. The van der Waals surface area contributed by atoms with Crippen LogP contribution in [0, 0.1) is 13.8 Å². The summed E-state index contributed by atoms with van der Waals surface area (Å²) < 4.78 is 10.4. The fraction of sp³-hybridized carbons (Fsp3) is 0.474. The Morgan fingerprint density at radius 2 is 2.12 bits per heavy atom. The van der Waals surface area contributed by atoms with E-state index in [0.717, 1.165) is 28.3 Å². The lowest BCUT2D eigenvalue weighted by atomic mass is 10.0. The molecule has 0 bridgehead atoms. The van der Waals surface area contributed by atoms with Crippen molar-refractivity contribution in [3.8, 4) is 5.75 Å². The Labute approximate surface area is 149 Å². The summed E-state index contributed by atoms with van der Waals surface area (Å²) in [6.07, 6.45) is 1.06. The first-order valence-corrected chi connectivity index (χ1v) is 8.41. The van der Waals surface area contributed by atoms with Gasteiger partial charge in [-0.3, -0.25) is 4.79 Å². The second-order valence-corrected chi connectivity index (χ2v) is 6.36. The van der Waals surface area contributed by atoms with E-state index in [0.29, 0.717) is 19.4 Å². The molecule has 6 heteroatoms. The first-order chi connectivity index (χ1) is 11.9. The maximum Gasteiger partial charge on any atom is 0.220 e. The molecule has 0 aliphatic heterocycles. The van der Waals surface area contributed by atoms with Crippen molar-refractivity contribution in [3.63, 3.8) is 0 Å². The van der Waals surface area contributed by atoms with Crippen LogP contribution in [0.3, 0.4) is 0 Å². The standard InChI is InChI=1S/C19H27N3O3/c1-13-17(14(2)25-21-13)9-10-19(23)20-12-18(22(3)4)15-7-6-8-16(11-15)24-5/h6-8,11,18H,9-10,12H2,1-5H3,(H,20,23)/t18-/m0/s1. The molecule has 0 saturated carbocycles. The van der Waals surface area contributed by atoms with Crippen LogP contribution in [0.15, 0.2) is 28.8 Å². The van der Waals surface area contributed by atoms with Crippen molar-refractivity contribution in [1.82, 2.24) is 15.4 Å². The third kappa shape index (κ3) is 5.06. The van der Waals surface area contributed by atoms with Crippen molar-refractivity contribution < 1.29 is 14.1 Å². The predicted octanol–water partition coefficient (Wildman–Crippen LogP) is 2.65. The molecule has 0 aliphatic rings. The van der Waals surface area contributed by atoms with Gasteiger partial charge in [-0.15, -0.1) is 0 Å². The molecule has 6 nitrogen and oxygen atoms in total. The largest absolute Gasteiger partial charge is 0.497 e. The minimum atomic E-state index is 0.0229. The highest BCUT2D eigenvalue weighted by molar-refractivity contribution is 5.76. The number of hydrogen-bond donors (Lipinski definition) is 1. The maximum absolute atomic E-state index is 12.2. The smallest absolute Gasteiger partial charge is 0.220 e. The topological polar surface area (TPSA) is 67.6 Å². The van der Waals surface area contributed by atoms with Crippen LogP contribution in [0.4, 0.5) is 0 Å². The van der Waals surface area contributed by atoms with E-state index in [1.165, 1.54) is 0 Å². The number of nitrogens with zero attached hydrogens (tertiary/aromatic N) is 2. The summed E-state index contributed by atoms with van der Waals surface area (Å²) in [5.74, 6) is 1.62. The summed E-state index contributed by atoms with van der Waals surface area (Å²) in [4.78, 5) is 14.3. The molecule has 0 radical (unpaired) electrons. The Hall–Kier alpha value is -2.34. The van der Waals surface area contributed by atoms with Crippen LogP contribution in [0.25, 0.3) is 0 Å². The lowest BCUT2D eigenvalue weighted by Crippen LogP contribution is -2.34. The van der Waals surface area contributed by atoms with Gasteiger partial charge in [0.1, 0.15) is 11.5 Å². The van der Waals surface area contributed by atoms with Gasteiger partial charge in [0, 0.05) is 18.5 Å². The second-order valence-electron chi connectivity index (χ2n) is 6.36. The number of carbonyl (C=O) groups is 1. The van der Waals surface area contributed by atoms with Gasteiger partial charge in [-0.05, 0) is 52.1 Å². The van der Waals surface area contributed by atoms with E-state index < -0.39 is 0 Å². The molecule has 1 amide bonds. The zero-order valence-corrected chi connectivity index (χ0v) is 15.6. The minimum absolute atomic E-state index is 0.0229. The van der Waals surface area contributed by atoms with E-state index in [2.05, 4.69) is 15.4 Å². The number of hydrogen-bond acceptors (Lipinski definition) is 5. The number of carbonyl (C=O) groups excluding carboxylic acids is 1. The highest BCUT2D eigenvalue weighted by Crippen LogP contribution is 2.22. The van der Waals surface area contributed by atoms with Gasteiger partial charge < -0.3 is 19.5 Å². The van der Waals surface area contributed by atoms with E-state index >= 15 is 0 Å². The van der Waals surface area contributed by atoms with Gasteiger partial charge in [0.2, 0.25) is 5.91 Å². The van der Waals surface area contributed by atoms with E-state index in [1.807, 2.05) is 52.2 Å². The number of aryl methyl sites for hydroxylation is 2. The number of likely N-dealkylation sites (N-methyl/N-ethyl adjacent to an activating group) is 1. The van der Waals surface area contributed by atoms with E-state index in [-0.39, 0.29) is 11.9 Å². The molecule has 1 aromatic carbocycles. The van der Waals surface area contributed by atoms with Crippen molar-refractivity contribution in [1.29, 1.82) is 0 Å². The highest BCUT2D eigenvalue weighted by atomic mass is 16.5. The van der Waals surface area contributed by atoms with Crippen LogP contribution in [-0.2, 0) is 11.2 Å². The Balaban J connectivity index is 1.93. The maximum atomic E-state index is 12.2. The molecule has 1 N–H and O–H groups in total. The lowest BCUT2D eigenvalue weighted by molar-refractivity contribution is -0.121. The van der Waals surface area contributed by atoms with Gasteiger partial charge in [-0.25, -0.2) is 0 Å². The summed E-state index contributed by atoms with van der Waals surface area (Å²) in [6, 6.07) is 8.00. The molecular weight excluding hydrogens is 318 g/mol. The van der Waals surface area contributed by atoms with Gasteiger partial charge in [0.15, 0.2) is 0 Å². The number of aromatic nitrogens is 1. The molecule has 0 spiro atoms. The molecule has 0 saturated heterocycles. The van der Waals surface area contributed by atoms with E-state index in [4.69, 9.17) is 9.26 Å². The third-order valence-electron chi connectivity index (χ3n) is 4.38. The zero-order chi connectivity index (χ0) is 18.4. The Morgan fingerprint density at radius 3 is 2.72 bits per heavy atom. The number of rotatable bonds is 8. The molecule has 2 rings (SSSR count). The van der Waals surface area contributed by atoms with Gasteiger partial charge in [0.05, 0.1) is 18.8 Å². The Kier molecular flexibility index (Phi) is 6.58. The van der Waals surface area contributed by atoms with Crippen molar-refractivity contribution in [2.45, 2.75) is 32.7 Å². The average Bonchev–Trinajstić information content (AvgIpc) is 2.91. The first-order valence-electron chi connectivity index (χ1n) is 8.41. The molecule has 25 heavy (non-hydrogen) atoms. The second kappa shape index (κ2) is 8.67. The van der Waals surface area contributed by atoms with Crippen LogP contribution in [0.1, 0.15) is 35.0 Å². The van der Waals surface area contributed by atoms with Crippen LogP contribution < -0.4 is 10.1 Å². The molecule has 0 fully saturated rings. The Bertz CT molecular complexity index is 690. The molecular formula is C19H27N3O3. The van der Waals surface area contributed by atoms with Crippen LogP contribution in [0.2, 0.25) is 0 Å². The van der Waals surface area contributed by atoms with Crippen molar-refractivity contribution in [2.75, 3.05) is 27.7 Å². The third-order valence-corrected chi connectivity index (χ3v) is 4.38. The van der Waals surface area contributed by atoms with Crippen molar-refractivity contribution >= 4 is 5.91 Å². The molecule has 1 heterocycles. The summed E-state index contributed by atoms with van der Waals surface area (Å²) in [7, 11) is 5.65. The quantitative estimate of drug-likeness (QED) is 0.797. The van der Waals surface area contributed by atoms with Gasteiger partial charge in [-0.2, -0.15) is 0 Å². The Morgan fingerprint density at radius 1 is 1.36 bits per heavy atom. The number of amides is 1. The molecule has 1 aromatic heterocycles. The van der Waals surface area contributed by atoms with Gasteiger partial charge in [-0.1, -0.05) is 17.3 Å². The van der Waals surface area contributed by atoms with Gasteiger partial charge >= 0.3 is 0 Å². The van der Waals surface area contributed by atoms with Crippen molar-refractivity contribution in [2.24, 2.45) is 0 Å². The normalized spacial score (nSPS) is 12.2. The van der Waals surface area contributed by atoms with Crippen LogP contribution in [-0.4, -0.2) is 43.7 Å². The average molecular weight is 345 g/mol. The summed E-state index contributed by atoms with van der Waals surface area (Å²) in [5, 5.41) is 6.95. The minimum Gasteiger partial charge on any atom is -0.497 e. The SMILES string of the molecule is COc1cccc([C@H](CNC(=O)CCc2c(C)noc2C)N(C)C)c1. The highest BCUT2D eigenvalue weighted by Gasteiger charge is 2.17. The first kappa shape index (κ1) is 19.0. The number of nitrogens with one attached hydrogen (secondary N) is 1. The van der Waals surface area contributed by atoms with Crippen LogP contribution >= 0.6 is 0 Å². The van der Waals surface area contributed by atoms with Crippen LogP contribution in [0.5, 0.6) is 5.75 Å². The summed E-state index contributed by atoms with van der Waals surface area (Å²) in [6.45, 7) is 4.31. The number of methoxy groups -OCH3 is 1. The summed E-state index contributed by atoms with van der Waals surface area (Å²) in [5.41, 5.74) is 2.98. The summed E-state index contributed by atoms with van der Waals surface area (Å²) >= 11 is 0. The number of benzene rings is 1. The molecule has 0 aliphatic carbocycles. The molecule has 136 valence electrons. The molecule has 0 unspecified atom stereocenters.